The van der Waals surface area contributed by atoms with Gasteiger partial charge in [0, 0.05) is 11.6 Å². The van der Waals surface area contributed by atoms with Crippen molar-refractivity contribution in [2.75, 3.05) is 24.7 Å². The number of benzene rings is 1. The second-order valence-corrected chi connectivity index (χ2v) is 6.88. The van der Waals surface area contributed by atoms with E-state index in [9.17, 15) is 14.0 Å². The largest absolute Gasteiger partial charge is 0.479 e. The number of aromatic nitrogens is 2. The number of carbonyl (C=O) groups is 1. The molecule has 0 N–H and O–H groups in total. The number of hydrogen-bond acceptors (Lipinski definition) is 4. The topological polar surface area (TPSA) is 65.7 Å². The van der Waals surface area contributed by atoms with E-state index in [1.165, 1.54) is 15.6 Å². The number of amides is 1. The molecule has 0 bridgehead atoms. The first-order valence-corrected chi connectivity index (χ1v) is 9.14. The molecule has 0 saturated carbocycles. The van der Waals surface area contributed by atoms with Gasteiger partial charge in [-0.3, -0.25) is 19.2 Å². The van der Waals surface area contributed by atoms with Crippen LogP contribution in [0.4, 0.5) is 10.1 Å². The molecule has 0 spiro atoms. The van der Waals surface area contributed by atoms with Crippen molar-refractivity contribution < 1.29 is 18.7 Å². The van der Waals surface area contributed by atoms with E-state index in [-0.39, 0.29) is 34.5 Å². The predicted molar refractivity (Wildman–Crippen MR) is 101 cm³/mol. The lowest BCUT2D eigenvalue weighted by atomic mass is 10.0. The summed E-state index contributed by atoms with van der Waals surface area (Å²) in [6.45, 7) is 3.02. The van der Waals surface area contributed by atoms with E-state index >= 15 is 0 Å². The van der Waals surface area contributed by atoms with Gasteiger partial charge < -0.3 is 9.47 Å². The highest BCUT2D eigenvalue weighted by Crippen LogP contribution is 2.40. The molecular formula is C19H17ClFN3O4. The molecule has 2 aliphatic rings. The van der Waals surface area contributed by atoms with Crippen LogP contribution in [0.5, 0.6) is 5.75 Å². The maximum Gasteiger partial charge on any atom is 0.276 e. The van der Waals surface area contributed by atoms with E-state index in [2.05, 4.69) is 5.92 Å². The first-order valence-electron chi connectivity index (χ1n) is 8.76. The molecule has 2 aliphatic heterocycles. The number of nitrogens with zero attached hydrogens (tertiary/aromatic N) is 3. The third kappa shape index (κ3) is 2.79. The van der Waals surface area contributed by atoms with Gasteiger partial charge in [-0.2, -0.15) is 0 Å². The van der Waals surface area contributed by atoms with Gasteiger partial charge in [0.1, 0.15) is 16.7 Å². The van der Waals surface area contributed by atoms with Gasteiger partial charge in [0.05, 0.1) is 44.1 Å². The number of halogens is 2. The highest BCUT2D eigenvalue weighted by molar-refractivity contribution is 6.32. The number of hydrogen-bond donors (Lipinski definition) is 0. The minimum Gasteiger partial charge on any atom is -0.479 e. The molecule has 7 nitrogen and oxygen atoms in total. The monoisotopic (exact) mass is 405 g/mol. The molecule has 1 aromatic heterocycles. The van der Waals surface area contributed by atoms with Crippen molar-refractivity contribution in [3.63, 3.8) is 0 Å². The van der Waals surface area contributed by atoms with Gasteiger partial charge in [-0.15, -0.1) is 6.42 Å². The zero-order valence-corrected chi connectivity index (χ0v) is 15.8. The lowest BCUT2D eigenvalue weighted by Crippen LogP contribution is -2.44. The summed E-state index contributed by atoms with van der Waals surface area (Å²) >= 11 is 6.43. The van der Waals surface area contributed by atoms with E-state index in [1.54, 1.807) is 11.6 Å². The maximum atomic E-state index is 14.9. The second kappa shape index (κ2) is 7.00. The lowest BCUT2D eigenvalue weighted by molar-refractivity contribution is -0.125. The van der Waals surface area contributed by atoms with Crippen LogP contribution >= 0.6 is 11.6 Å². The quantitative estimate of drug-likeness (QED) is 0.716. The van der Waals surface area contributed by atoms with Gasteiger partial charge in [-0.05, 0) is 13.0 Å². The molecule has 1 amide bonds. The number of anilines is 1. The van der Waals surface area contributed by atoms with Crippen LogP contribution in [0.3, 0.4) is 0 Å². The molecule has 28 heavy (non-hydrogen) atoms. The lowest BCUT2D eigenvalue weighted by Gasteiger charge is -2.32. The Bertz CT molecular complexity index is 1070. The van der Waals surface area contributed by atoms with Crippen LogP contribution in [0.1, 0.15) is 6.92 Å². The van der Waals surface area contributed by atoms with Crippen molar-refractivity contribution in [3.8, 4) is 29.2 Å². The van der Waals surface area contributed by atoms with Gasteiger partial charge in [0.25, 0.3) is 11.5 Å². The standard InChI is InChI=1S/C19H17ClFN3O4/c1-3-4-22-14-9-12(13(21)10-15(14)28-11(2)18(22)25)16-17(20)23-5-7-27-8-6-24(23)19(16)26/h1,9-11H,4-8H2,2H3. The van der Waals surface area contributed by atoms with E-state index < -0.39 is 17.5 Å². The van der Waals surface area contributed by atoms with Crippen LogP contribution in [-0.2, 0) is 22.6 Å². The van der Waals surface area contributed by atoms with Crippen molar-refractivity contribution in [2.45, 2.75) is 26.1 Å². The molecule has 0 saturated heterocycles. The second-order valence-electron chi connectivity index (χ2n) is 6.52. The third-order valence-electron chi connectivity index (χ3n) is 4.84. The normalized spacial score (nSPS) is 18.7. The molecule has 1 atom stereocenters. The number of fused-ring (bicyclic) bond motifs is 2. The molecule has 0 radical (unpaired) electrons. The Morgan fingerprint density at radius 1 is 1.29 bits per heavy atom. The van der Waals surface area contributed by atoms with Gasteiger partial charge in [0.15, 0.2) is 6.10 Å². The molecular weight excluding hydrogens is 389 g/mol. The summed E-state index contributed by atoms with van der Waals surface area (Å²) in [6, 6.07) is 2.55. The Morgan fingerprint density at radius 2 is 2.00 bits per heavy atom. The van der Waals surface area contributed by atoms with Crippen molar-refractivity contribution in [2.24, 2.45) is 0 Å². The molecule has 0 fully saturated rings. The molecule has 4 rings (SSSR count). The summed E-state index contributed by atoms with van der Waals surface area (Å²) in [7, 11) is 0. The summed E-state index contributed by atoms with van der Waals surface area (Å²) in [5.74, 6) is 1.60. The first kappa shape index (κ1) is 18.6. The Balaban J connectivity index is 1.91. The SMILES string of the molecule is C#CCN1C(=O)C(C)Oc2cc(F)c(-c3c(Cl)n4n(c3=O)CCOCC4)cc21. The van der Waals surface area contributed by atoms with Gasteiger partial charge >= 0.3 is 0 Å². The zero-order chi connectivity index (χ0) is 20.0. The van der Waals surface area contributed by atoms with Gasteiger partial charge in [-0.1, -0.05) is 17.5 Å². The molecule has 2 aromatic rings. The summed E-state index contributed by atoms with van der Waals surface area (Å²) in [4.78, 5) is 26.7. The fourth-order valence-corrected chi connectivity index (χ4v) is 3.87. The smallest absolute Gasteiger partial charge is 0.276 e. The third-order valence-corrected chi connectivity index (χ3v) is 5.23. The maximum absolute atomic E-state index is 14.9. The minimum atomic E-state index is -0.786. The number of rotatable bonds is 2. The fraction of sp³-hybridized carbons (Fsp3) is 0.368. The summed E-state index contributed by atoms with van der Waals surface area (Å²) in [6.07, 6.45) is 4.60. The van der Waals surface area contributed by atoms with Crippen LogP contribution < -0.4 is 15.2 Å². The van der Waals surface area contributed by atoms with Gasteiger partial charge in [0.2, 0.25) is 0 Å². The molecule has 1 aromatic carbocycles. The molecule has 0 aliphatic carbocycles. The van der Waals surface area contributed by atoms with Gasteiger partial charge in [-0.25, -0.2) is 9.07 Å². The summed E-state index contributed by atoms with van der Waals surface area (Å²) < 4.78 is 28.8. The predicted octanol–water partition coefficient (Wildman–Crippen LogP) is 1.89. The Hall–Kier alpha value is -2.76. The minimum absolute atomic E-state index is 0.000913. The van der Waals surface area contributed by atoms with E-state index in [0.29, 0.717) is 32.0 Å². The van der Waals surface area contributed by atoms with Crippen molar-refractivity contribution in [1.82, 2.24) is 9.36 Å². The van der Waals surface area contributed by atoms with Crippen molar-refractivity contribution in [3.05, 3.63) is 33.5 Å². The van der Waals surface area contributed by atoms with Crippen molar-refractivity contribution >= 4 is 23.2 Å². The zero-order valence-electron chi connectivity index (χ0n) is 15.1. The highest BCUT2D eigenvalue weighted by Gasteiger charge is 2.33. The number of carbonyl (C=O) groups excluding carboxylic acids is 1. The average Bonchev–Trinajstić information content (AvgIpc) is 2.84. The average molecular weight is 406 g/mol. The van der Waals surface area contributed by atoms with Crippen LogP contribution in [-0.4, -0.2) is 41.1 Å². The van der Waals surface area contributed by atoms with Crippen LogP contribution in [0.25, 0.3) is 11.1 Å². The fourth-order valence-electron chi connectivity index (χ4n) is 3.51. The Morgan fingerprint density at radius 3 is 2.71 bits per heavy atom. The number of ether oxygens (including phenoxy) is 2. The summed E-state index contributed by atoms with van der Waals surface area (Å²) in [5, 5.41) is 0.120. The molecule has 146 valence electrons. The Kier molecular flexibility index (Phi) is 4.65. The van der Waals surface area contributed by atoms with E-state index in [4.69, 9.17) is 27.5 Å². The van der Waals surface area contributed by atoms with E-state index in [1.807, 2.05) is 0 Å². The summed E-state index contributed by atoms with van der Waals surface area (Å²) in [5.41, 5.74) is -0.0803. The van der Waals surface area contributed by atoms with Crippen LogP contribution in [0.2, 0.25) is 5.15 Å². The molecule has 3 heterocycles. The highest BCUT2D eigenvalue weighted by atomic mass is 35.5. The number of terminal acetylenes is 1. The molecule has 9 heteroatoms. The van der Waals surface area contributed by atoms with E-state index in [0.717, 1.165) is 6.07 Å². The Labute approximate surface area is 165 Å². The van der Waals surface area contributed by atoms with Crippen LogP contribution in [0, 0.1) is 18.2 Å². The van der Waals surface area contributed by atoms with Crippen LogP contribution in [0.15, 0.2) is 16.9 Å². The molecule has 1 unspecified atom stereocenters. The first-order chi connectivity index (χ1) is 13.4. The van der Waals surface area contributed by atoms with Crippen molar-refractivity contribution in [1.29, 1.82) is 0 Å².